The summed E-state index contributed by atoms with van der Waals surface area (Å²) in [5, 5.41) is 3.52. The molecule has 0 amide bonds. The quantitative estimate of drug-likeness (QED) is 0.877. The van der Waals surface area contributed by atoms with Crippen LogP contribution in [0.4, 0.5) is 0 Å². The Morgan fingerprint density at radius 2 is 2.25 bits per heavy atom. The second-order valence-electron chi connectivity index (χ2n) is 5.63. The van der Waals surface area contributed by atoms with E-state index in [1.165, 1.54) is 11.1 Å². The first kappa shape index (κ1) is 15.5. The number of fused-ring (bicyclic) bond motifs is 1. The summed E-state index contributed by atoms with van der Waals surface area (Å²) in [5.74, 6) is 2.19. The second-order valence-corrected chi connectivity index (χ2v) is 7.33. The normalized spacial score (nSPS) is 24.2. The van der Waals surface area contributed by atoms with Gasteiger partial charge in [-0.2, -0.15) is 0 Å². The molecular formula is C16H25NO2S. The van der Waals surface area contributed by atoms with Gasteiger partial charge in [0.1, 0.15) is 5.75 Å². The lowest BCUT2D eigenvalue weighted by atomic mass is 10.1. The van der Waals surface area contributed by atoms with Crippen molar-refractivity contribution in [3.63, 3.8) is 0 Å². The van der Waals surface area contributed by atoms with Gasteiger partial charge in [0.2, 0.25) is 0 Å². The van der Waals surface area contributed by atoms with Gasteiger partial charge < -0.3 is 10.1 Å². The summed E-state index contributed by atoms with van der Waals surface area (Å²) in [6.45, 7) is 4.34. The summed E-state index contributed by atoms with van der Waals surface area (Å²) >= 11 is 0. The van der Waals surface area contributed by atoms with E-state index in [0.717, 1.165) is 24.3 Å². The fourth-order valence-electron chi connectivity index (χ4n) is 2.82. The van der Waals surface area contributed by atoms with Crippen LogP contribution in [0.1, 0.15) is 37.4 Å². The lowest BCUT2D eigenvalue weighted by molar-refractivity contribution is 0.413. The number of hydrogen-bond acceptors (Lipinski definition) is 3. The van der Waals surface area contributed by atoms with Gasteiger partial charge in [-0.05, 0) is 42.6 Å². The zero-order valence-electron chi connectivity index (χ0n) is 12.8. The maximum Gasteiger partial charge on any atom is 0.119 e. The van der Waals surface area contributed by atoms with Gasteiger partial charge in [0, 0.05) is 22.6 Å². The first-order valence-corrected chi connectivity index (χ1v) is 8.70. The van der Waals surface area contributed by atoms with Crippen molar-refractivity contribution in [1.82, 2.24) is 5.32 Å². The van der Waals surface area contributed by atoms with E-state index in [1.807, 2.05) is 13.1 Å². The monoisotopic (exact) mass is 295 g/mol. The molecule has 4 heteroatoms. The highest BCUT2D eigenvalue weighted by atomic mass is 32.2. The number of methoxy groups -OCH3 is 1. The Hall–Kier alpha value is -0.870. The zero-order chi connectivity index (χ0) is 14.7. The van der Waals surface area contributed by atoms with Gasteiger partial charge in [-0.3, -0.25) is 4.21 Å². The molecule has 4 unspecified atom stereocenters. The van der Waals surface area contributed by atoms with Crippen LogP contribution in [0.2, 0.25) is 0 Å². The summed E-state index contributed by atoms with van der Waals surface area (Å²) in [6, 6.07) is 6.35. The first-order chi connectivity index (χ1) is 9.60. The van der Waals surface area contributed by atoms with Gasteiger partial charge >= 0.3 is 0 Å². The molecule has 3 nitrogen and oxygen atoms in total. The predicted molar refractivity (Wildman–Crippen MR) is 84.8 cm³/mol. The molecule has 112 valence electrons. The molecule has 0 radical (unpaired) electrons. The molecule has 2 rings (SSSR count). The SMILES string of the molecule is CCC(C)CS(=O)C1Cc2ccc(OC)cc2C1NC. The minimum atomic E-state index is -0.793. The van der Waals surface area contributed by atoms with Crippen LogP contribution < -0.4 is 10.1 Å². The minimum Gasteiger partial charge on any atom is -0.497 e. The van der Waals surface area contributed by atoms with Crippen LogP contribution in [0.3, 0.4) is 0 Å². The maximum atomic E-state index is 12.6. The van der Waals surface area contributed by atoms with Gasteiger partial charge in [0.25, 0.3) is 0 Å². The van der Waals surface area contributed by atoms with Crippen LogP contribution in [0, 0.1) is 5.92 Å². The number of benzene rings is 1. The van der Waals surface area contributed by atoms with Crippen LogP contribution in [-0.4, -0.2) is 29.4 Å². The molecule has 0 aromatic heterocycles. The molecule has 0 heterocycles. The summed E-state index contributed by atoms with van der Waals surface area (Å²) in [6.07, 6.45) is 1.98. The van der Waals surface area contributed by atoms with Crippen LogP contribution in [0.15, 0.2) is 18.2 Å². The highest BCUT2D eigenvalue weighted by Gasteiger charge is 2.35. The van der Waals surface area contributed by atoms with Crippen LogP contribution in [0.25, 0.3) is 0 Å². The standard InChI is InChI=1S/C16H25NO2S/c1-5-11(2)10-20(18)15-8-12-6-7-13(19-4)9-14(12)16(15)17-3/h6-7,9,11,15-17H,5,8,10H2,1-4H3. The smallest absolute Gasteiger partial charge is 0.119 e. The number of rotatable bonds is 6. The van der Waals surface area contributed by atoms with Gasteiger partial charge in [-0.25, -0.2) is 0 Å². The van der Waals surface area contributed by atoms with Crippen LogP contribution in [0.5, 0.6) is 5.75 Å². The van der Waals surface area contributed by atoms with Crippen LogP contribution in [-0.2, 0) is 17.2 Å². The summed E-state index contributed by atoms with van der Waals surface area (Å²) in [4.78, 5) is 0. The first-order valence-electron chi connectivity index (χ1n) is 7.31. The molecule has 0 fully saturated rings. The molecule has 1 N–H and O–H groups in total. The predicted octanol–water partition coefficient (Wildman–Crippen LogP) is 2.68. The van der Waals surface area contributed by atoms with Crippen molar-refractivity contribution in [3.05, 3.63) is 29.3 Å². The van der Waals surface area contributed by atoms with E-state index in [2.05, 4.69) is 31.3 Å². The van der Waals surface area contributed by atoms with E-state index < -0.39 is 10.8 Å². The number of nitrogens with one attached hydrogen (secondary N) is 1. The van der Waals surface area contributed by atoms with Crippen molar-refractivity contribution >= 4 is 10.8 Å². The Bertz CT molecular complexity index is 489. The Morgan fingerprint density at radius 1 is 1.50 bits per heavy atom. The highest BCUT2D eigenvalue weighted by molar-refractivity contribution is 7.85. The fraction of sp³-hybridized carbons (Fsp3) is 0.625. The van der Waals surface area contributed by atoms with Crippen molar-refractivity contribution in [3.8, 4) is 5.75 Å². The lowest BCUT2D eigenvalue weighted by Gasteiger charge is -2.21. The Labute approximate surface area is 124 Å². The highest BCUT2D eigenvalue weighted by Crippen LogP contribution is 2.36. The molecule has 0 aliphatic heterocycles. The largest absolute Gasteiger partial charge is 0.497 e. The fourth-order valence-corrected chi connectivity index (χ4v) is 4.81. The molecule has 4 atom stereocenters. The Balaban J connectivity index is 2.20. The maximum absolute atomic E-state index is 12.6. The second kappa shape index (κ2) is 6.72. The van der Waals surface area contributed by atoms with Crippen molar-refractivity contribution in [1.29, 1.82) is 0 Å². The molecule has 20 heavy (non-hydrogen) atoms. The van der Waals surface area contributed by atoms with E-state index in [1.54, 1.807) is 7.11 Å². The topological polar surface area (TPSA) is 38.3 Å². The summed E-state index contributed by atoms with van der Waals surface area (Å²) < 4.78 is 18.0. The van der Waals surface area contributed by atoms with E-state index >= 15 is 0 Å². The number of hydrogen-bond donors (Lipinski definition) is 1. The van der Waals surface area contributed by atoms with Crippen molar-refractivity contribution in [2.24, 2.45) is 5.92 Å². The van der Waals surface area contributed by atoms with Crippen molar-refractivity contribution in [2.75, 3.05) is 19.9 Å². The Morgan fingerprint density at radius 3 is 2.85 bits per heavy atom. The molecular weight excluding hydrogens is 270 g/mol. The van der Waals surface area contributed by atoms with Crippen molar-refractivity contribution < 1.29 is 8.95 Å². The molecule has 0 saturated carbocycles. The van der Waals surface area contributed by atoms with Gasteiger partial charge in [0.05, 0.1) is 12.4 Å². The zero-order valence-corrected chi connectivity index (χ0v) is 13.6. The average molecular weight is 295 g/mol. The van der Waals surface area contributed by atoms with E-state index in [0.29, 0.717) is 5.92 Å². The third kappa shape index (κ3) is 3.07. The molecule has 1 aliphatic rings. The Kier molecular flexibility index (Phi) is 5.22. The van der Waals surface area contributed by atoms with E-state index in [-0.39, 0.29) is 11.3 Å². The molecule has 1 aromatic carbocycles. The van der Waals surface area contributed by atoms with E-state index in [4.69, 9.17) is 4.74 Å². The number of ether oxygens (including phenoxy) is 1. The van der Waals surface area contributed by atoms with E-state index in [9.17, 15) is 4.21 Å². The van der Waals surface area contributed by atoms with Gasteiger partial charge in [-0.1, -0.05) is 26.3 Å². The minimum absolute atomic E-state index is 0.171. The van der Waals surface area contributed by atoms with Crippen LogP contribution >= 0.6 is 0 Å². The van der Waals surface area contributed by atoms with Gasteiger partial charge in [-0.15, -0.1) is 0 Å². The third-order valence-corrected chi connectivity index (χ3v) is 6.29. The molecule has 0 bridgehead atoms. The third-order valence-electron chi connectivity index (χ3n) is 4.28. The molecule has 0 spiro atoms. The molecule has 1 aromatic rings. The lowest BCUT2D eigenvalue weighted by Crippen LogP contribution is -2.31. The summed E-state index contributed by atoms with van der Waals surface area (Å²) in [5.41, 5.74) is 2.54. The molecule has 0 saturated heterocycles. The molecule has 1 aliphatic carbocycles. The van der Waals surface area contributed by atoms with Gasteiger partial charge in [0.15, 0.2) is 0 Å². The van der Waals surface area contributed by atoms with Crippen molar-refractivity contribution in [2.45, 2.75) is 38.0 Å². The summed E-state index contributed by atoms with van der Waals surface area (Å²) in [7, 11) is 2.84. The average Bonchev–Trinajstić information content (AvgIpc) is 2.84.